The van der Waals surface area contributed by atoms with Crippen LogP contribution in [0.1, 0.15) is 92.9 Å². The molecule has 0 aromatic rings. The molecule has 0 radical (unpaired) electrons. The second kappa shape index (κ2) is 24.5. The number of aliphatic hydroxyl groups is 4. The SMILES string of the molecule is CC(C)CCOC(=O)C(O)C(O)C(=O)OCCC(C)C.CCCCCOC(=O)C(O)C(O)C(=O)OCCCCC. The number of hydrogen-bond acceptors (Lipinski definition) is 12. The first-order valence-electron chi connectivity index (χ1n) is 14.2. The van der Waals surface area contributed by atoms with Crippen molar-refractivity contribution >= 4 is 23.9 Å². The van der Waals surface area contributed by atoms with Crippen molar-refractivity contribution in [1.82, 2.24) is 0 Å². The maximum Gasteiger partial charge on any atom is 0.338 e. The Labute approximate surface area is 238 Å². The van der Waals surface area contributed by atoms with Gasteiger partial charge in [0.05, 0.1) is 26.4 Å². The zero-order chi connectivity index (χ0) is 31.1. The van der Waals surface area contributed by atoms with E-state index in [9.17, 15) is 39.6 Å². The van der Waals surface area contributed by atoms with E-state index in [2.05, 4.69) is 0 Å². The Morgan fingerprint density at radius 2 is 0.725 bits per heavy atom. The van der Waals surface area contributed by atoms with Gasteiger partial charge in [0.15, 0.2) is 24.4 Å². The summed E-state index contributed by atoms with van der Waals surface area (Å²) >= 11 is 0. The number of esters is 4. The summed E-state index contributed by atoms with van der Waals surface area (Å²) in [5, 5.41) is 38.0. The lowest BCUT2D eigenvalue weighted by atomic mass is 10.1. The maximum atomic E-state index is 11.4. The standard InChI is InChI=1S/2C14H26O6/c1-9(2)5-7-19-13(17)11(15)12(16)14(18)20-8-6-10(3)4;1-3-5-7-9-19-13(17)11(15)12(16)14(18)20-10-8-6-4-2/h9-12,15-16H,5-8H2,1-4H3;11-12,15-16H,3-10H2,1-2H3. The second-order valence-corrected chi connectivity index (χ2v) is 10.2. The van der Waals surface area contributed by atoms with Crippen molar-refractivity contribution < 1.29 is 58.6 Å². The lowest BCUT2D eigenvalue weighted by Gasteiger charge is -2.16. The van der Waals surface area contributed by atoms with Crippen molar-refractivity contribution in [2.45, 2.75) is 117 Å². The third-order valence-corrected chi connectivity index (χ3v) is 5.43. The summed E-state index contributed by atoms with van der Waals surface area (Å²) in [6, 6.07) is 0. The fourth-order valence-electron chi connectivity index (χ4n) is 2.70. The largest absolute Gasteiger partial charge is 0.464 e. The molecule has 0 spiro atoms. The Hall–Kier alpha value is -2.28. The topological polar surface area (TPSA) is 186 Å². The Bertz CT molecular complexity index is 637. The summed E-state index contributed by atoms with van der Waals surface area (Å²) in [7, 11) is 0. The first kappa shape index (κ1) is 39.9. The Morgan fingerprint density at radius 1 is 0.475 bits per heavy atom. The van der Waals surface area contributed by atoms with Gasteiger partial charge in [-0.05, 0) is 37.5 Å². The average molecular weight is 581 g/mol. The molecule has 0 rings (SSSR count). The molecular weight excluding hydrogens is 528 g/mol. The molecule has 12 nitrogen and oxygen atoms in total. The van der Waals surface area contributed by atoms with Crippen molar-refractivity contribution in [2.75, 3.05) is 26.4 Å². The normalized spacial score (nSPS) is 13.9. The zero-order valence-electron chi connectivity index (χ0n) is 25.0. The number of carbonyl (C=O) groups is 4. The Morgan fingerprint density at radius 3 is 0.950 bits per heavy atom. The number of hydrogen-bond donors (Lipinski definition) is 4. The number of carbonyl (C=O) groups excluding carboxylic acids is 4. The zero-order valence-corrected chi connectivity index (χ0v) is 25.0. The Balaban J connectivity index is 0. The minimum Gasteiger partial charge on any atom is -0.464 e. The summed E-state index contributed by atoms with van der Waals surface area (Å²) < 4.78 is 19.1. The van der Waals surface area contributed by atoms with Crippen LogP contribution in [0.5, 0.6) is 0 Å². The highest BCUT2D eigenvalue weighted by Crippen LogP contribution is 2.06. The lowest BCUT2D eigenvalue weighted by Crippen LogP contribution is -2.42. The monoisotopic (exact) mass is 580 g/mol. The molecule has 0 saturated carbocycles. The van der Waals surface area contributed by atoms with Crippen LogP contribution in [0.2, 0.25) is 0 Å². The molecular formula is C28H52O12. The highest BCUT2D eigenvalue weighted by molar-refractivity contribution is 5.85. The molecule has 0 saturated heterocycles. The van der Waals surface area contributed by atoms with Gasteiger partial charge in [-0.25, -0.2) is 19.2 Å². The number of ether oxygens (including phenoxy) is 4. The lowest BCUT2D eigenvalue weighted by molar-refractivity contribution is -0.173. The molecule has 4 atom stereocenters. The highest BCUT2D eigenvalue weighted by Gasteiger charge is 2.33. The molecule has 0 aliphatic rings. The van der Waals surface area contributed by atoms with E-state index in [-0.39, 0.29) is 26.4 Å². The third-order valence-electron chi connectivity index (χ3n) is 5.43. The molecule has 0 heterocycles. The van der Waals surface area contributed by atoms with E-state index in [1.807, 2.05) is 41.5 Å². The van der Waals surface area contributed by atoms with E-state index in [1.165, 1.54) is 0 Å². The van der Waals surface area contributed by atoms with Crippen LogP contribution in [0.15, 0.2) is 0 Å². The first-order chi connectivity index (χ1) is 18.8. The van der Waals surface area contributed by atoms with Gasteiger partial charge in [-0.3, -0.25) is 0 Å². The summed E-state index contributed by atoms with van der Waals surface area (Å²) in [5.41, 5.74) is 0. The van der Waals surface area contributed by atoms with E-state index in [1.54, 1.807) is 0 Å². The van der Waals surface area contributed by atoms with Crippen LogP contribution in [-0.2, 0) is 38.1 Å². The van der Waals surface area contributed by atoms with E-state index >= 15 is 0 Å². The van der Waals surface area contributed by atoms with Gasteiger partial charge < -0.3 is 39.4 Å². The molecule has 236 valence electrons. The predicted molar refractivity (Wildman–Crippen MR) is 146 cm³/mol. The highest BCUT2D eigenvalue weighted by atomic mass is 16.6. The van der Waals surface area contributed by atoms with Gasteiger partial charge >= 0.3 is 23.9 Å². The van der Waals surface area contributed by atoms with Crippen LogP contribution in [0.4, 0.5) is 0 Å². The van der Waals surface area contributed by atoms with Crippen molar-refractivity contribution in [1.29, 1.82) is 0 Å². The quantitative estimate of drug-likeness (QED) is 0.0934. The number of unbranched alkanes of at least 4 members (excludes halogenated alkanes) is 4. The molecule has 0 amide bonds. The Kier molecular flexibility index (Phi) is 24.4. The van der Waals surface area contributed by atoms with Gasteiger partial charge in [-0.1, -0.05) is 67.2 Å². The molecule has 0 aromatic heterocycles. The molecule has 4 N–H and O–H groups in total. The van der Waals surface area contributed by atoms with Gasteiger partial charge in [-0.15, -0.1) is 0 Å². The second-order valence-electron chi connectivity index (χ2n) is 10.2. The van der Waals surface area contributed by atoms with Gasteiger partial charge in [0.1, 0.15) is 0 Å². The van der Waals surface area contributed by atoms with E-state index < -0.39 is 48.3 Å². The van der Waals surface area contributed by atoms with Crippen LogP contribution in [0.3, 0.4) is 0 Å². The minimum atomic E-state index is -1.91. The molecule has 0 aromatic carbocycles. The van der Waals surface area contributed by atoms with Crippen LogP contribution in [0.25, 0.3) is 0 Å². The van der Waals surface area contributed by atoms with Gasteiger partial charge in [0, 0.05) is 0 Å². The summed E-state index contributed by atoms with van der Waals surface area (Å²) in [6.45, 7) is 12.5. The smallest absolute Gasteiger partial charge is 0.338 e. The van der Waals surface area contributed by atoms with E-state index in [4.69, 9.17) is 18.9 Å². The fourth-order valence-corrected chi connectivity index (χ4v) is 2.70. The predicted octanol–water partition coefficient (Wildman–Crippen LogP) is 2.06. The van der Waals surface area contributed by atoms with Crippen LogP contribution in [-0.4, -0.2) is 95.1 Å². The molecule has 4 unspecified atom stereocenters. The number of aliphatic hydroxyl groups excluding tert-OH is 4. The van der Waals surface area contributed by atoms with Gasteiger partial charge in [0.2, 0.25) is 0 Å². The summed E-state index contributed by atoms with van der Waals surface area (Å²) in [4.78, 5) is 45.6. The van der Waals surface area contributed by atoms with Crippen LogP contribution in [0, 0.1) is 11.8 Å². The van der Waals surface area contributed by atoms with E-state index in [0.717, 1.165) is 25.7 Å². The number of rotatable bonds is 20. The minimum absolute atomic E-state index is 0.142. The fraction of sp³-hybridized carbons (Fsp3) is 0.857. The summed E-state index contributed by atoms with van der Waals surface area (Å²) in [6.07, 6.45) is -1.16. The van der Waals surface area contributed by atoms with Gasteiger partial charge in [-0.2, -0.15) is 0 Å². The van der Waals surface area contributed by atoms with E-state index in [0.29, 0.717) is 37.5 Å². The summed E-state index contributed by atoms with van der Waals surface area (Å²) in [5.74, 6) is -3.33. The molecule has 0 fully saturated rings. The van der Waals surface area contributed by atoms with Crippen molar-refractivity contribution in [2.24, 2.45) is 11.8 Å². The van der Waals surface area contributed by atoms with Crippen molar-refractivity contribution in [3.63, 3.8) is 0 Å². The molecule has 0 bridgehead atoms. The van der Waals surface area contributed by atoms with Gasteiger partial charge in [0.25, 0.3) is 0 Å². The third kappa shape index (κ3) is 20.6. The maximum absolute atomic E-state index is 11.4. The van der Waals surface area contributed by atoms with Crippen LogP contribution >= 0.6 is 0 Å². The molecule has 0 aliphatic heterocycles. The molecule has 0 aliphatic carbocycles. The average Bonchev–Trinajstić information content (AvgIpc) is 2.91. The first-order valence-corrected chi connectivity index (χ1v) is 14.2. The van der Waals surface area contributed by atoms with Crippen LogP contribution < -0.4 is 0 Å². The molecule has 40 heavy (non-hydrogen) atoms. The van der Waals surface area contributed by atoms with Crippen molar-refractivity contribution in [3.8, 4) is 0 Å². The van der Waals surface area contributed by atoms with Crippen molar-refractivity contribution in [3.05, 3.63) is 0 Å². The molecule has 12 heteroatoms.